The standard InChI is InChI=1S/C19H29BO5/c1-18(2)19(3,4)25-20(24-18)15-8-10-16(11-9-15)21-13-14-23-17-7-5-6-12-22-17/h8-11,17H,5-7,12-14H2,1-4H3/t17-/m1/s1. The lowest BCUT2D eigenvalue weighted by atomic mass is 9.79. The molecule has 0 radical (unpaired) electrons. The molecular formula is C19H29BO5. The van der Waals surface area contributed by atoms with Crippen LogP contribution in [-0.2, 0) is 18.8 Å². The first-order chi connectivity index (χ1) is 11.9. The monoisotopic (exact) mass is 348 g/mol. The minimum Gasteiger partial charge on any atom is -0.491 e. The number of hydrogen-bond donors (Lipinski definition) is 0. The summed E-state index contributed by atoms with van der Waals surface area (Å²) in [6, 6.07) is 7.86. The lowest BCUT2D eigenvalue weighted by Crippen LogP contribution is -2.41. The minimum atomic E-state index is -0.342. The van der Waals surface area contributed by atoms with Crippen LogP contribution in [0.2, 0.25) is 0 Å². The summed E-state index contributed by atoms with van der Waals surface area (Å²) in [4.78, 5) is 0. The van der Waals surface area contributed by atoms with Gasteiger partial charge in [0.05, 0.1) is 17.8 Å². The lowest BCUT2D eigenvalue weighted by Gasteiger charge is -2.32. The van der Waals surface area contributed by atoms with Crippen LogP contribution in [0.3, 0.4) is 0 Å². The molecule has 3 rings (SSSR count). The molecule has 2 aliphatic heterocycles. The van der Waals surface area contributed by atoms with Crippen LogP contribution < -0.4 is 10.2 Å². The summed E-state index contributed by atoms with van der Waals surface area (Å²) in [6.45, 7) is 10.1. The van der Waals surface area contributed by atoms with Crippen molar-refractivity contribution >= 4 is 12.6 Å². The molecule has 1 atom stereocenters. The van der Waals surface area contributed by atoms with Gasteiger partial charge in [-0.25, -0.2) is 0 Å². The lowest BCUT2D eigenvalue weighted by molar-refractivity contribution is -0.165. The van der Waals surface area contributed by atoms with Gasteiger partial charge in [0, 0.05) is 6.61 Å². The van der Waals surface area contributed by atoms with Crippen LogP contribution in [-0.4, -0.2) is 44.4 Å². The van der Waals surface area contributed by atoms with Crippen LogP contribution >= 0.6 is 0 Å². The van der Waals surface area contributed by atoms with Gasteiger partial charge < -0.3 is 23.5 Å². The Morgan fingerprint density at radius 3 is 2.28 bits per heavy atom. The largest absolute Gasteiger partial charge is 0.494 e. The maximum Gasteiger partial charge on any atom is 0.494 e. The third-order valence-electron chi connectivity index (χ3n) is 5.20. The number of benzene rings is 1. The van der Waals surface area contributed by atoms with E-state index in [0.29, 0.717) is 13.2 Å². The fraction of sp³-hybridized carbons (Fsp3) is 0.684. The van der Waals surface area contributed by atoms with Crippen molar-refractivity contribution in [2.75, 3.05) is 19.8 Å². The molecule has 0 spiro atoms. The van der Waals surface area contributed by atoms with E-state index in [1.54, 1.807) is 0 Å². The molecule has 25 heavy (non-hydrogen) atoms. The third kappa shape index (κ3) is 4.56. The van der Waals surface area contributed by atoms with Crippen LogP contribution in [0.1, 0.15) is 47.0 Å². The van der Waals surface area contributed by atoms with Gasteiger partial charge in [-0.3, -0.25) is 0 Å². The molecule has 2 saturated heterocycles. The number of rotatable bonds is 6. The molecule has 2 heterocycles. The first-order valence-corrected chi connectivity index (χ1v) is 9.19. The quantitative estimate of drug-likeness (QED) is 0.584. The molecule has 0 aliphatic carbocycles. The molecule has 0 N–H and O–H groups in total. The van der Waals surface area contributed by atoms with Gasteiger partial charge in [0.25, 0.3) is 0 Å². The van der Waals surface area contributed by atoms with E-state index in [9.17, 15) is 0 Å². The summed E-state index contributed by atoms with van der Waals surface area (Å²) < 4.78 is 29.1. The van der Waals surface area contributed by atoms with Gasteiger partial charge in [-0.1, -0.05) is 12.1 Å². The average molecular weight is 348 g/mol. The van der Waals surface area contributed by atoms with Crippen LogP contribution in [0.25, 0.3) is 0 Å². The first kappa shape index (κ1) is 18.7. The van der Waals surface area contributed by atoms with Gasteiger partial charge in [0.2, 0.25) is 0 Å². The molecule has 138 valence electrons. The molecule has 1 aromatic carbocycles. The van der Waals surface area contributed by atoms with E-state index in [1.807, 2.05) is 24.3 Å². The van der Waals surface area contributed by atoms with Crippen molar-refractivity contribution < 1.29 is 23.5 Å². The van der Waals surface area contributed by atoms with E-state index in [4.69, 9.17) is 23.5 Å². The van der Waals surface area contributed by atoms with Crippen molar-refractivity contribution in [2.24, 2.45) is 0 Å². The summed E-state index contributed by atoms with van der Waals surface area (Å²) in [5, 5.41) is 0. The van der Waals surface area contributed by atoms with Gasteiger partial charge in [0.15, 0.2) is 6.29 Å². The fourth-order valence-electron chi connectivity index (χ4n) is 2.88. The Morgan fingerprint density at radius 2 is 1.68 bits per heavy atom. The molecule has 0 bridgehead atoms. The zero-order valence-corrected chi connectivity index (χ0v) is 15.7. The Bertz CT molecular complexity index is 535. The first-order valence-electron chi connectivity index (χ1n) is 9.19. The summed E-state index contributed by atoms with van der Waals surface area (Å²) in [7, 11) is -0.342. The minimum absolute atomic E-state index is 0.0666. The Labute approximate surface area is 151 Å². The smallest absolute Gasteiger partial charge is 0.491 e. The highest BCUT2D eigenvalue weighted by atomic mass is 16.7. The molecule has 0 saturated carbocycles. The van der Waals surface area contributed by atoms with E-state index in [1.165, 1.54) is 6.42 Å². The highest BCUT2D eigenvalue weighted by Crippen LogP contribution is 2.36. The van der Waals surface area contributed by atoms with E-state index in [2.05, 4.69) is 27.7 Å². The zero-order valence-electron chi connectivity index (χ0n) is 15.7. The molecule has 2 fully saturated rings. The Kier molecular flexibility index (Phi) is 5.73. The molecule has 0 aromatic heterocycles. The van der Waals surface area contributed by atoms with Crippen LogP contribution in [0, 0.1) is 0 Å². The predicted octanol–water partition coefficient (Wildman–Crippen LogP) is 2.91. The zero-order chi connectivity index (χ0) is 17.9. The number of ether oxygens (including phenoxy) is 3. The molecule has 0 unspecified atom stereocenters. The van der Waals surface area contributed by atoms with Crippen molar-refractivity contribution in [2.45, 2.75) is 64.4 Å². The fourth-order valence-corrected chi connectivity index (χ4v) is 2.88. The summed E-state index contributed by atoms with van der Waals surface area (Å²) in [5.74, 6) is 0.813. The maximum atomic E-state index is 6.06. The molecule has 6 heteroatoms. The van der Waals surface area contributed by atoms with Crippen molar-refractivity contribution in [3.05, 3.63) is 24.3 Å². The maximum absolute atomic E-state index is 6.06. The van der Waals surface area contributed by atoms with Gasteiger partial charge in [-0.2, -0.15) is 0 Å². The Balaban J connectivity index is 1.45. The van der Waals surface area contributed by atoms with Crippen molar-refractivity contribution in [3.63, 3.8) is 0 Å². The topological polar surface area (TPSA) is 46.2 Å². The normalized spacial score (nSPS) is 25.1. The van der Waals surface area contributed by atoms with E-state index in [-0.39, 0.29) is 24.6 Å². The Morgan fingerprint density at radius 1 is 1.00 bits per heavy atom. The number of hydrogen-bond acceptors (Lipinski definition) is 5. The molecular weight excluding hydrogens is 319 g/mol. The highest BCUT2D eigenvalue weighted by molar-refractivity contribution is 6.62. The molecule has 0 amide bonds. The SMILES string of the molecule is CC1(C)OB(c2ccc(OCCO[C@@H]3CCCCO3)cc2)OC1(C)C. The second-order valence-corrected chi connectivity index (χ2v) is 7.67. The van der Waals surface area contributed by atoms with E-state index < -0.39 is 0 Å². The molecule has 1 aromatic rings. The average Bonchev–Trinajstić information content (AvgIpc) is 2.81. The third-order valence-corrected chi connectivity index (χ3v) is 5.20. The second kappa shape index (κ2) is 7.66. The predicted molar refractivity (Wildman–Crippen MR) is 97.2 cm³/mol. The summed E-state index contributed by atoms with van der Waals surface area (Å²) in [6.07, 6.45) is 3.21. The van der Waals surface area contributed by atoms with E-state index in [0.717, 1.165) is 30.7 Å². The van der Waals surface area contributed by atoms with Gasteiger partial charge in [-0.05, 0) is 64.6 Å². The highest BCUT2D eigenvalue weighted by Gasteiger charge is 2.51. The molecule has 5 nitrogen and oxygen atoms in total. The van der Waals surface area contributed by atoms with Gasteiger partial charge in [0.1, 0.15) is 12.4 Å². The van der Waals surface area contributed by atoms with Crippen LogP contribution in [0.5, 0.6) is 5.75 Å². The summed E-state index contributed by atoms with van der Waals surface area (Å²) >= 11 is 0. The molecule has 2 aliphatic rings. The second-order valence-electron chi connectivity index (χ2n) is 7.67. The van der Waals surface area contributed by atoms with Crippen LogP contribution in [0.15, 0.2) is 24.3 Å². The van der Waals surface area contributed by atoms with Gasteiger partial charge >= 0.3 is 7.12 Å². The summed E-state index contributed by atoms with van der Waals surface area (Å²) in [5.41, 5.74) is 0.342. The van der Waals surface area contributed by atoms with Crippen molar-refractivity contribution in [1.82, 2.24) is 0 Å². The van der Waals surface area contributed by atoms with Crippen molar-refractivity contribution in [3.8, 4) is 5.75 Å². The van der Waals surface area contributed by atoms with Crippen molar-refractivity contribution in [1.29, 1.82) is 0 Å². The van der Waals surface area contributed by atoms with E-state index >= 15 is 0 Å². The van der Waals surface area contributed by atoms with Crippen LogP contribution in [0.4, 0.5) is 0 Å². The van der Waals surface area contributed by atoms with Gasteiger partial charge in [-0.15, -0.1) is 0 Å². The Hall–Kier alpha value is -1.08.